The molecule has 2 fully saturated rings. The second kappa shape index (κ2) is 7.57. The molecule has 0 aromatic heterocycles. The first-order valence-corrected chi connectivity index (χ1v) is 10.9. The highest BCUT2D eigenvalue weighted by molar-refractivity contribution is 9.10. The van der Waals surface area contributed by atoms with E-state index in [1.54, 1.807) is 42.5 Å². The van der Waals surface area contributed by atoms with Gasteiger partial charge in [0.2, 0.25) is 11.8 Å². The second-order valence-electron chi connectivity index (χ2n) is 8.04. The molecule has 1 heterocycles. The molecule has 2 aromatic carbocycles. The summed E-state index contributed by atoms with van der Waals surface area (Å²) in [5, 5.41) is 0. The first-order chi connectivity index (χ1) is 15.0. The van der Waals surface area contributed by atoms with E-state index < -0.39 is 12.6 Å². The lowest BCUT2D eigenvalue weighted by Crippen LogP contribution is -2.34. The third-order valence-electron chi connectivity index (χ3n) is 6.34. The van der Waals surface area contributed by atoms with Crippen LogP contribution in [0.2, 0.25) is 0 Å². The molecular weight excluding hydrogens is 462 g/mol. The number of allylic oxidation sites excluding steroid dienone is 2. The van der Waals surface area contributed by atoms with Crippen LogP contribution >= 0.6 is 15.9 Å². The Balaban J connectivity index is 1.35. The van der Waals surface area contributed by atoms with Gasteiger partial charge in [0.25, 0.3) is 0 Å². The number of anilines is 1. The molecule has 0 N–H and O–H groups in total. The fourth-order valence-corrected chi connectivity index (χ4v) is 5.17. The number of amides is 2. The lowest BCUT2D eigenvalue weighted by Gasteiger charge is -2.19. The van der Waals surface area contributed by atoms with Gasteiger partial charge in [0.1, 0.15) is 0 Å². The van der Waals surface area contributed by atoms with Gasteiger partial charge in [0.15, 0.2) is 12.4 Å². The predicted octanol–water partition coefficient (Wildman–Crippen LogP) is 3.80. The lowest BCUT2D eigenvalue weighted by molar-refractivity contribution is -0.123. The Morgan fingerprint density at radius 1 is 0.935 bits per heavy atom. The van der Waals surface area contributed by atoms with Crippen LogP contribution in [0.5, 0.6) is 0 Å². The molecule has 3 aliphatic rings. The lowest BCUT2D eigenvalue weighted by atomic mass is 9.85. The van der Waals surface area contributed by atoms with Crippen molar-refractivity contribution in [1.82, 2.24) is 0 Å². The normalized spacial score (nSPS) is 25.8. The number of carbonyl (C=O) groups excluding carboxylic acids is 4. The Labute approximate surface area is 187 Å². The molecule has 0 unspecified atom stereocenters. The van der Waals surface area contributed by atoms with Crippen LogP contribution in [0.15, 0.2) is 65.2 Å². The maximum absolute atomic E-state index is 13.1. The largest absolute Gasteiger partial charge is 0.454 e. The Morgan fingerprint density at radius 2 is 1.55 bits per heavy atom. The quantitative estimate of drug-likeness (QED) is 0.282. The second-order valence-corrected chi connectivity index (χ2v) is 8.95. The van der Waals surface area contributed by atoms with Gasteiger partial charge < -0.3 is 4.74 Å². The van der Waals surface area contributed by atoms with E-state index in [1.807, 2.05) is 12.2 Å². The van der Waals surface area contributed by atoms with Gasteiger partial charge in [-0.1, -0.05) is 52.3 Å². The van der Waals surface area contributed by atoms with E-state index in [4.69, 9.17) is 4.74 Å². The summed E-state index contributed by atoms with van der Waals surface area (Å²) in [6, 6.07) is 13.1. The zero-order chi connectivity index (χ0) is 21.7. The van der Waals surface area contributed by atoms with Crippen LogP contribution < -0.4 is 4.90 Å². The van der Waals surface area contributed by atoms with E-state index in [0.29, 0.717) is 5.56 Å². The number of nitrogens with zero attached hydrogens (tertiary/aromatic N) is 1. The number of fused-ring (bicyclic) bond motifs is 5. The molecule has 2 aromatic rings. The van der Waals surface area contributed by atoms with E-state index in [1.165, 1.54) is 6.07 Å². The number of para-hydroxylation sites is 1. The third-order valence-corrected chi connectivity index (χ3v) is 6.86. The van der Waals surface area contributed by atoms with Gasteiger partial charge in [-0.05, 0) is 42.5 Å². The number of esters is 1. The topological polar surface area (TPSA) is 80.8 Å². The smallest absolute Gasteiger partial charge is 0.340 e. The fourth-order valence-electron chi connectivity index (χ4n) is 4.91. The van der Waals surface area contributed by atoms with Crippen LogP contribution in [0.1, 0.15) is 27.1 Å². The van der Waals surface area contributed by atoms with E-state index in [-0.39, 0.29) is 52.5 Å². The summed E-state index contributed by atoms with van der Waals surface area (Å²) in [6.45, 7) is -0.435. The minimum Gasteiger partial charge on any atom is -0.454 e. The molecule has 2 aliphatic carbocycles. The highest BCUT2D eigenvalue weighted by Crippen LogP contribution is 2.53. The van der Waals surface area contributed by atoms with Gasteiger partial charge in [-0.2, -0.15) is 0 Å². The first-order valence-electron chi connectivity index (χ1n) is 10.1. The number of halogens is 1. The van der Waals surface area contributed by atoms with Crippen molar-refractivity contribution in [2.75, 3.05) is 11.5 Å². The van der Waals surface area contributed by atoms with Crippen molar-refractivity contribution in [2.45, 2.75) is 6.42 Å². The SMILES string of the molecule is O=C(COC(=O)c1ccccc1N1C(=O)[C@@H]2[C@H](C1=O)[C@@H]1C=C[C@H]2C1)c1ccc(Br)cc1. The number of hydrogen-bond acceptors (Lipinski definition) is 5. The monoisotopic (exact) mass is 479 g/mol. The van der Waals surface area contributed by atoms with E-state index >= 15 is 0 Å². The van der Waals surface area contributed by atoms with Crippen molar-refractivity contribution < 1.29 is 23.9 Å². The molecule has 1 saturated heterocycles. The van der Waals surface area contributed by atoms with Crippen molar-refractivity contribution in [3.05, 3.63) is 76.3 Å². The van der Waals surface area contributed by atoms with Crippen LogP contribution in [0.3, 0.4) is 0 Å². The zero-order valence-electron chi connectivity index (χ0n) is 16.4. The van der Waals surface area contributed by atoms with Crippen molar-refractivity contribution >= 4 is 45.2 Å². The molecule has 7 heteroatoms. The molecule has 0 radical (unpaired) electrons. The number of rotatable bonds is 5. The van der Waals surface area contributed by atoms with Crippen LogP contribution in [-0.4, -0.2) is 30.2 Å². The summed E-state index contributed by atoms with van der Waals surface area (Å²) in [7, 11) is 0. The van der Waals surface area contributed by atoms with Crippen LogP contribution in [0, 0.1) is 23.7 Å². The number of imide groups is 1. The summed E-state index contributed by atoms with van der Waals surface area (Å²) in [4.78, 5) is 52.4. The zero-order valence-corrected chi connectivity index (χ0v) is 17.9. The average Bonchev–Trinajstić information content (AvgIpc) is 3.46. The number of Topliss-reactive ketones (excluding diaryl/α,β-unsaturated/α-hetero) is 1. The van der Waals surface area contributed by atoms with Crippen molar-refractivity contribution in [2.24, 2.45) is 23.7 Å². The molecule has 5 rings (SSSR count). The van der Waals surface area contributed by atoms with Crippen LogP contribution in [-0.2, 0) is 14.3 Å². The molecule has 2 amide bonds. The van der Waals surface area contributed by atoms with Gasteiger partial charge >= 0.3 is 5.97 Å². The Kier molecular flexibility index (Phi) is 4.85. The predicted molar refractivity (Wildman–Crippen MR) is 115 cm³/mol. The molecule has 1 aliphatic heterocycles. The summed E-state index contributed by atoms with van der Waals surface area (Å²) in [5.41, 5.74) is 0.727. The van der Waals surface area contributed by atoms with Gasteiger partial charge in [-0.15, -0.1) is 0 Å². The molecule has 156 valence electrons. The summed E-state index contributed by atoms with van der Waals surface area (Å²) < 4.78 is 6.07. The third kappa shape index (κ3) is 3.24. The van der Waals surface area contributed by atoms with Crippen molar-refractivity contribution in [3.63, 3.8) is 0 Å². The van der Waals surface area contributed by atoms with E-state index in [2.05, 4.69) is 15.9 Å². The summed E-state index contributed by atoms with van der Waals surface area (Å²) in [6.07, 6.45) is 4.88. The highest BCUT2D eigenvalue weighted by atomic mass is 79.9. The summed E-state index contributed by atoms with van der Waals surface area (Å²) >= 11 is 3.31. The molecule has 6 nitrogen and oxygen atoms in total. The number of ether oxygens (including phenoxy) is 1. The van der Waals surface area contributed by atoms with Gasteiger partial charge in [0, 0.05) is 10.0 Å². The molecule has 31 heavy (non-hydrogen) atoms. The van der Waals surface area contributed by atoms with Gasteiger partial charge in [0.05, 0.1) is 23.1 Å². The van der Waals surface area contributed by atoms with Crippen molar-refractivity contribution in [3.8, 4) is 0 Å². The average molecular weight is 480 g/mol. The van der Waals surface area contributed by atoms with Gasteiger partial charge in [-0.3, -0.25) is 14.4 Å². The molecule has 2 bridgehead atoms. The van der Waals surface area contributed by atoms with E-state index in [9.17, 15) is 19.2 Å². The molecule has 0 spiro atoms. The number of hydrogen-bond donors (Lipinski definition) is 0. The maximum atomic E-state index is 13.1. The Bertz CT molecular complexity index is 1110. The van der Waals surface area contributed by atoms with E-state index in [0.717, 1.165) is 15.8 Å². The minimum atomic E-state index is -0.750. The molecular formula is C24H18BrNO5. The minimum absolute atomic E-state index is 0.0825. The standard InChI is InChI=1S/C24H18BrNO5/c25-16-9-7-13(8-10-16)19(27)12-31-24(30)17-3-1-2-4-18(17)26-22(28)20-14-5-6-15(11-14)21(20)23(26)29/h1-10,14-15,20-21H,11-12H2/t14-,15+,20-,21+. The van der Waals surface area contributed by atoms with Crippen molar-refractivity contribution in [1.29, 1.82) is 0 Å². The van der Waals surface area contributed by atoms with Crippen LogP contribution in [0.25, 0.3) is 0 Å². The number of ketones is 1. The number of benzene rings is 2. The first kappa shape index (κ1) is 19.9. The fraction of sp³-hybridized carbons (Fsp3) is 0.250. The van der Waals surface area contributed by atoms with Gasteiger partial charge in [-0.25, -0.2) is 9.69 Å². The molecule has 4 atom stereocenters. The Morgan fingerprint density at radius 3 is 2.19 bits per heavy atom. The highest BCUT2D eigenvalue weighted by Gasteiger charge is 2.59. The van der Waals surface area contributed by atoms with Crippen LogP contribution in [0.4, 0.5) is 5.69 Å². The summed E-state index contributed by atoms with van der Waals surface area (Å²) in [5.74, 6) is -2.17. The maximum Gasteiger partial charge on any atom is 0.340 e. The Hall–Kier alpha value is -3.06. The molecule has 1 saturated carbocycles. The number of carbonyl (C=O) groups is 4.